The summed E-state index contributed by atoms with van der Waals surface area (Å²) in [4.78, 5) is 17.1. The number of anilines is 3. The first-order valence-corrected chi connectivity index (χ1v) is 9.52. The maximum atomic E-state index is 12.8. The highest BCUT2D eigenvalue weighted by Gasteiger charge is 2.21. The lowest BCUT2D eigenvalue weighted by molar-refractivity contribution is 0.102. The van der Waals surface area contributed by atoms with Crippen LogP contribution in [0.25, 0.3) is 10.9 Å². The molecule has 0 atom stereocenters. The molecular weight excluding hydrogens is 374 g/mol. The van der Waals surface area contributed by atoms with Crippen molar-refractivity contribution in [2.75, 3.05) is 10.6 Å². The van der Waals surface area contributed by atoms with Crippen LogP contribution in [-0.4, -0.2) is 31.3 Å². The highest BCUT2D eigenvalue weighted by Crippen LogP contribution is 2.28. The van der Waals surface area contributed by atoms with Crippen LogP contribution in [0.15, 0.2) is 42.7 Å². The van der Waals surface area contributed by atoms with Crippen LogP contribution >= 0.6 is 11.3 Å². The summed E-state index contributed by atoms with van der Waals surface area (Å²) in [6.07, 6.45) is 3.39. The van der Waals surface area contributed by atoms with Gasteiger partial charge in [0.15, 0.2) is 0 Å². The van der Waals surface area contributed by atoms with Crippen LogP contribution in [0.1, 0.15) is 36.1 Å². The van der Waals surface area contributed by atoms with Crippen LogP contribution < -0.4 is 10.6 Å². The van der Waals surface area contributed by atoms with Crippen molar-refractivity contribution in [1.82, 2.24) is 25.4 Å². The molecule has 0 saturated carbocycles. The average molecular weight is 393 g/mol. The predicted octanol–water partition coefficient (Wildman–Crippen LogP) is 4.10. The van der Waals surface area contributed by atoms with Crippen LogP contribution in [0, 0.1) is 0 Å². The van der Waals surface area contributed by atoms with Gasteiger partial charge in [-0.25, -0.2) is 4.98 Å². The molecule has 0 bridgehead atoms. The summed E-state index contributed by atoms with van der Waals surface area (Å²) in [5.74, 6) is 0.161. The smallest absolute Gasteiger partial charge is 0.261 e. The Morgan fingerprint density at radius 1 is 1.18 bits per heavy atom. The van der Waals surface area contributed by atoms with Crippen LogP contribution in [-0.2, 0) is 5.41 Å². The van der Waals surface area contributed by atoms with Gasteiger partial charge in [0.25, 0.3) is 5.91 Å². The molecule has 0 aliphatic rings. The third-order valence-corrected chi connectivity index (χ3v) is 5.31. The number of rotatable bonds is 4. The molecule has 8 nitrogen and oxygen atoms in total. The molecule has 3 N–H and O–H groups in total. The van der Waals surface area contributed by atoms with Gasteiger partial charge in [-0.1, -0.05) is 32.1 Å². The predicted molar refractivity (Wildman–Crippen MR) is 110 cm³/mol. The first-order valence-electron chi connectivity index (χ1n) is 8.71. The van der Waals surface area contributed by atoms with E-state index < -0.39 is 0 Å². The average Bonchev–Trinajstić information content (AvgIpc) is 3.30. The number of benzene rings is 1. The zero-order chi connectivity index (χ0) is 19.7. The van der Waals surface area contributed by atoms with Gasteiger partial charge in [0.05, 0.1) is 17.3 Å². The maximum absolute atomic E-state index is 12.8. The summed E-state index contributed by atoms with van der Waals surface area (Å²) in [6.45, 7) is 6.16. The minimum absolute atomic E-state index is 0.118. The molecule has 0 saturated heterocycles. The van der Waals surface area contributed by atoms with Gasteiger partial charge in [-0.05, 0) is 30.3 Å². The van der Waals surface area contributed by atoms with Crippen molar-refractivity contribution in [3.63, 3.8) is 0 Å². The van der Waals surface area contributed by atoms with Crippen LogP contribution in [0.4, 0.5) is 16.6 Å². The number of pyridine rings is 1. The number of nitrogens with zero attached hydrogens (tertiary/aromatic N) is 4. The number of H-pyrrole nitrogens is 1. The second-order valence-electron chi connectivity index (χ2n) is 7.31. The maximum Gasteiger partial charge on any atom is 0.261 e. The monoisotopic (exact) mass is 393 g/mol. The van der Waals surface area contributed by atoms with Crippen molar-refractivity contribution in [2.45, 2.75) is 26.2 Å². The van der Waals surface area contributed by atoms with E-state index in [4.69, 9.17) is 0 Å². The molecule has 1 amide bonds. The van der Waals surface area contributed by atoms with Crippen molar-refractivity contribution in [3.8, 4) is 0 Å². The minimum atomic E-state index is -0.296. The van der Waals surface area contributed by atoms with E-state index in [9.17, 15) is 4.79 Å². The fraction of sp³-hybridized carbons (Fsp3) is 0.211. The Balaban J connectivity index is 1.56. The van der Waals surface area contributed by atoms with E-state index in [1.807, 2.05) is 18.2 Å². The van der Waals surface area contributed by atoms with E-state index in [-0.39, 0.29) is 11.3 Å². The SMILES string of the molecule is CC(C)(C)c1nnc(NC(=O)c2cccnc2Nc2ccc3cn[nH]c3c2)s1. The normalized spacial score (nSPS) is 11.5. The summed E-state index contributed by atoms with van der Waals surface area (Å²) in [5.41, 5.74) is 2.00. The lowest BCUT2D eigenvalue weighted by Gasteiger charge is -2.12. The van der Waals surface area contributed by atoms with Crippen LogP contribution in [0.5, 0.6) is 0 Å². The van der Waals surface area contributed by atoms with Crippen molar-refractivity contribution >= 4 is 44.8 Å². The van der Waals surface area contributed by atoms with Crippen molar-refractivity contribution in [3.05, 3.63) is 53.3 Å². The summed E-state index contributed by atoms with van der Waals surface area (Å²) in [7, 11) is 0. The summed E-state index contributed by atoms with van der Waals surface area (Å²) in [6, 6.07) is 9.21. The van der Waals surface area contributed by atoms with Gasteiger partial charge >= 0.3 is 0 Å². The number of carbonyl (C=O) groups is 1. The number of fused-ring (bicyclic) bond motifs is 1. The largest absolute Gasteiger partial charge is 0.340 e. The van der Waals surface area contributed by atoms with Gasteiger partial charge in [-0.15, -0.1) is 10.2 Å². The Bertz CT molecular complexity index is 1140. The van der Waals surface area contributed by atoms with Gasteiger partial charge in [0.2, 0.25) is 5.13 Å². The highest BCUT2D eigenvalue weighted by molar-refractivity contribution is 7.15. The fourth-order valence-corrected chi connectivity index (χ4v) is 3.38. The van der Waals surface area contributed by atoms with Gasteiger partial charge < -0.3 is 5.32 Å². The summed E-state index contributed by atoms with van der Waals surface area (Å²) < 4.78 is 0. The number of carbonyl (C=O) groups excluding carboxylic acids is 1. The molecule has 1 aromatic carbocycles. The van der Waals surface area contributed by atoms with Gasteiger partial charge in [0.1, 0.15) is 10.8 Å². The van der Waals surface area contributed by atoms with E-state index in [0.29, 0.717) is 16.5 Å². The number of nitrogens with one attached hydrogen (secondary N) is 3. The standard InChI is InChI=1S/C19H19N7OS/c1-19(2,3)17-25-26-18(28-17)23-16(27)13-5-4-8-20-15(13)22-12-7-6-11-10-21-24-14(11)9-12/h4-10H,1-3H3,(H,20,22)(H,21,24)(H,23,26,27). The lowest BCUT2D eigenvalue weighted by atomic mass is 9.98. The summed E-state index contributed by atoms with van der Waals surface area (Å²) >= 11 is 1.37. The Labute approximate surface area is 165 Å². The molecule has 142 valence electrons. The van der Waals surface area contributed by atoms with Gasteiger partial charge in [0, 0.05) is 22.7 Å². The Morgan fingerprint density at radius 3 is 2.82 bits per heavy atom. The van der Waals surface area contributed by atoms with Crippen molar-refractivity contribution in [2.24, 2.45) is 0 Å². The van der Waals surface area contributed by atoms with Gasteiger partial charge in [-0.2, -0.15) is 5.10 Å². The van der Waals surface area contributed by atoms with Crippen LogP contribution in [0.2, 0.25) is 0 Å². The molecule has 0 fully saturated rings. The van der Waals surface area contributed by atoms with E-state index in [1.165, 1.54) is 11.3 Å². The number of hydrogen-bond donors (Lipinski definition) is 3. The molecule has 4 rings (SSSR count). The van der Waals surface area contributed by atoms with E-state index in [2.05, 4.69) is 56.8 Å². The number of hydrogen-bond acceptors (Lipinski definition) is 7. The minimum Gasteiger partial charge on any atom is -0.340 e. The van der Waals surface area contributed by atoms with Gasteiger partial charge in [-0.3, -0.25) is 15.2 Å². The first-order chi connectivity index (χ1) is 13.4. The Kier molecular flexibility index (Phi) is 4.52. The van der Waals surface area contributed by atoms with Crippen LogP contribution in [0.3, 0.4) is 0 Å². The van der Waals surface area contributed by atoms with E-state index in [0.717, 1.165) is 21.6 Å². The second-order valence-corrected chi connectivity index (χ2v) is 8.29. The first kappa shape index (κ1) is 18.1. The summed E-state index contributed by atoms with van der Waals surface area (Å²) in [5, 5.41) is 23.5. The zero-order valence-electron chi connectivity index (χ0n) is 15.6. The quantitative estimate of drug-likeness (QED) is 0.482. The fourth-order valence-electron chi connectivity index (χ4n) is 2.58. The Morgan fingerprint density at radius 2 is 2.04 bits per heavy atom. The van der Waals surface area contributed by atoms with E-state index >= 15 is 0 Å². The topological polar surface area (TPSA) is 108 Å². The molecular formula is C19H19N7OS. The third kappa shape index (κ3) is 3.70. The highest BCUT2D eigenvalue weighted by atomic mass is 32.1. The number of aromatic nitrogens is 5. The molecule has 0 radical (unpaired) electrons. The molecule has 0 unspecified atom stereocenters. The zero-order valence-corrected chi connectivity index (χ0v) is 16.5. The Hall–Kier alpha value is -3.33. The van der Waals surface area contributed by atoms with Crippen molar-refractivity contribution < 1.29 is 4.79 Å². The number of amides is 1. The molecule has 28 heavy (non-hydrogen) atoms. The van der Waals surface area contributed by atoms with Crippen molar-refractivity contribution in [1.29, 1.82) is 0 Å². The molecule has 3 heterocycles. The number of aromatic amines is 1. The molecule has 0 aliphatic carbocycles. The molecule has 9 heteroatoms. The lowest BCUT2D eigenvalue weighted by Crippen LogP contribution is -2.14. The molecule has 4 aromatic rings. The second kappa shape index (κ2) is 7.01. The van der Waals surface area contributed by atoms with E-state index in [1.54, 1.807) is 24.5 Å². The molecule has 3 aromatic heterocycles. The molecule has 0 spiro atoms. The molecule has 0 aliphatic heterocycles. The third-order valence-electron chi connectivity index (χ3n) is 4.04.